The third-order valence-corrected chi connectivity index (χ3v) is 6.65. The molecule has 3 atom stereocenters. The van der Waals surface area contributed by atoms with E-state index in [0.29, 0.717) is 24.6 Å². The first-order valence-corrected chi connectivity index (χ1v) is 10.2. The van der Waals surface area contributed by atoms with Crippen molar-refractivity contribution in [3.05, 3.63) is 24.3 Å². The number of para-hydroxylation sites is 2. The van der Waals surface area contributed by atoms with E-state index in [4.69, 9.17) is 4.74 Å². The number of anilines is 1. The molecule has 1 N–H and O–H groups in total. The normalized spacial score (nSPS) is 28.5. The number of hydrogen-bond donors (Lipinski definition) is 1. The van der Waals surface area contributed by atoms with Crippen molar-refractivity contribution in [3.63, 3.8) is 0 Å². The van der Waals surface area contributed by atoms with E-state index < -0.39 is 0 Å². The van der Waals surface area contributed by atoms with Gasteiger partial charge in [-0.2, -0.15) is 0 Å². The highest BCUT2D eigenvalue weighted by Crippen LogP contribution is 2.47. The molecule has 3 aliphatic heterocycles. The van der Waals surface area contributed by atoms with E-state index in [1.807, 2.05) is 19.1 Å². The third kappa shape index (κ3) is 3.94. The number of halogens is 2. The molecule has 2 bridgehead atoms. The van der Waals surface area contributed by atoms with Crippen LogP contribution in [0.15, 0.2) is 24.3 Å². The Hall–Kier alpha value is -1.17. The SMILES string of the molecule is CCOc1ccccc1N1CCN(C(=O)[C@]2(CC)C[C@@H]3CC[C@H]2N3)CC1.Cl.Cl. The summed E-state index contributed by atoms with van der Waals surface area (Å²) < 4.78 is 5.78. The zero-order valence-electron chi connectivity index (χ0n) is 16.9. The first kappa shape index (κ1) is 23.1. The highest BCUT2D eigenvalue weighted by atomic mass is 35.5. The summed E-state index contributed by atoms with van der Waals surface area (Å²) in [4.78, 5) is 17.9. The van der Waals surface area contributed by atoms with Gasteiger partial charge >= 0.3 is 0 Å². The molecule has 1 aromatic carbocycles. The molecule has 3 aliphatic rings. The maximum Gasteiger partial charge on any atom is 0.230 e. The van der Waals surface area contributed by atoms with Gasteiger partial charge < -0.3 is 19.9 Å². The molecule has 3 heterocycles. The van der Waals surface area contributed by atoms with Gasteiger partial charge in [0.15, 0.2) is 0 Å². The number of fused-ring (bicyclic) bond motifs is 2. The van der Waals surface area contributed by atoms with Gasteiger partial charge in [-0.3, -0.25) is 4.79 Å². The number of hydrogen-bond acceptors (Lipinski definition) is 4. The largest absolute Gasteiger partial charge is 0.492 e. The maximum absolute atomic E-state index is 13.4. The number of carbonyl (C=O) groups is 1. The Morgan fingerprint density at radius 2 is 1.86 bits per heavy atom. The van der Waals surface area contributed by atoms with E-state index in [0.717, 1.165) is 56.9 Å². The molecule has 0 aliphatic carbocycles. The van der Waals surface area contributed by atoms with Crippen LogP contribution in [0.25, 0.3) is 0 Å². The van der Waals surface area contributed by atoms with Gasteiger partial charge in [0.25, 0.3) is 0 Å². The molecule has 3 saturated heterocycles. The fourth-order valence-corrected chi connectivity index (χ4v) is 5.24. The van der Waals surface area contributed by atoms with Gasteiger partial charge in [0.1, 0.15) is 5.75 Å². The Bertz CT molecular complexity index is 667. The smallest absolute Gasteiger partial charge is 0.230 e. The van der Waals surface area contributed by atoms with E-state index in [1.165, 1.54) is 6.42 Å². The molecule has 1 amide bonds. The average molecular weight is 430 g/mol. The number of benzene rings is 1. The number of nitrogens with zero attached hydrogens (tertiary/aromatic N) is 2. The van der Waals surface area contributed by atoms with Gasteiger partial charge in [-0.15, -0.1) is 24.8 Å². The molecule has 1 aromatic rings. The van der Waals surface area contributed by atoms with Crippen LogP contribution in [0.4, 0.5) is 5.69 Å². The Balaban J connectivity index is 0.00000140. The summed E-state index contributed by atoms with van der Waals surface area (Å²) >= 11 is 0. The van der Waals surface area contributed by atoms with E-state index in [-0.39, 0.29) is 30.2 Å². The van der Waals surface area contributed by atoms with Crippen LogP contribution in [0.5, 0.6) is 5.75 Å². The van der Waals surface area contributed by atoms with Crippen molar-refractivity contribution in [2.24, 2.45) is 5.41 Å². The van der Waals surface area contributed by atoms with E-state index in [1.54, 1.807) is 0 Å². The van der Waals surface area contributed by atoms with Gasteiger partial charge in [0, 0.05) is 38.3 Å². The minimum atomic E-state index is -0.158. The van der Waals surface area contributed by atoms with Crippen molar-refractivity contribution in [1.29, 1.82) is 0 Å². The predicted octanol–water partition coefficient (Wildman–Crippen LogP) is 3.50. The molecule has 28 heavy (non-hydrogen) atoms. The molecule has 7 heteroatoms. The Morgan fingerprint density at radius 3 is 2.43 bits per heavy atom. The molecule has 0 spiro atoms. The zero-order chi connectivity index (χ0) is 18.1. The van der Waals surface area contributed by atoms with Crippen molar-refractivity contribution < 1.29 is 9.53 Å². The second-order valence-electron chi connectivity index (χ2n) is 7.89. The van der Waals surface area contributed by atoms with E-state index in [9.17, 15) is 4.79 Å². The van der Waals surface area contributed by atoms with Gasteiger partial charge in [0.2, 0.25) is 5.91 Å². The molecular weight excluding hydrogens is 397 g/mol. The molecule has 5 nitrogen and oxygen atoms in total. The minimum absolute atomic E-state index is 0. The molecule has 0 radical (unpaired) electrons. The van der Waals surface area contributed by atoms with Crippen LogP contribution in [-0.4, -0.2) is 55.7 Å². The minimum Gasteiger partial charge on any atom is -0.492 e. The van der Waals surface area contributed by atoms with Crippen molar-refractivity contribution in [2.75, 3.05) is 37.7 Å². The lowest BCUT2D eigenvalue weighted by Crippen LogP contribution is -2.56. The number of rotatable bonds is 5. The highest BCUT2D eigenvalue weighted by molar-refractivity contribution is 5.86. The van der Waals surface area contributed by atoms with Gasteiger partial charge in [0.05, 0.1) is 17.7 Å². The van der Waals surface area contributed by atoms with Crippen LogP contribution in [0.3, 0.4) is 0 Å². The molecule has 0 unspecified atom stereocenters. The second-order valence-corrected chi connectivity index (χ2v) is 7.89. The summed E-state index contributed by atoms with van der Waals surface area (Å²) in [5.41, 5.74) is 0.988. The first-order valence-electron chi connectivity index (χ1n) is 10.2. The second kappa shape index (κ2) is 9.55. The lowest BCUT2D eigenvalue weighted by atomic mass is 9.70. The molecule has 158 valence electrons. The van der Waals surface area contributed by atoms with Crippen molar-refractivity contribution >= 4 is 36.4 Å². The third-order valence-electron chi connectivity index (χ3n) is 6.65. The van der Waals surface area contributed by atoms with Gasteiger partial charge in [-0.25, -0.2) is 0 Å². The lowest BCUT2D eigenvalue weighted by molar-refractivity contribution is -0.144. The highest BCUT2D eigenvalue weighted by Gasteiger charge is 2.55. The summed E-state index contributed by atoms with van der Waals surface area (Å²) in [5.74, 6) is 1.33. The fourth-order valence-electron chi connectivity index (χ4n) is 5.24. The zero-order valence-corrected chi connectivity index (χ0v) is 18.5. The molecule has 4 rings (SSSR count). The van der Waals surface area contributed by atoms with E-state index >= 15 is 0 Å². The Labute approximate surface area is 181 Å². The predicted molar refractivity (Wildman–Crippen MR) is 118 cm³/mol. The summed E-state index contributed by atoms with van der Waals surface area (Å²) in [7, 11) is 0. The summed E-state index contributed by atoms with van der Waals surface area (Å²) in [6.45, 7) is 8.23. The standard InChI is InChI=1S/C21H31N3O2.2ClH/c1-3-21(15-16-9-10-19(21)22-16)20(25)24-13-11-23(12-14-24)17-7-5-6-8-18(17)26-4-2;;/h5-8,16,19,22H,3-4,9-15H2,1-2H3;2*1H/t16-,19+,21+;;/m0../s1. The fraction of sp³-hybridized carbons (Fsp3) is 0.667. The number of ether oxygens (including phenoxy) is 1. The maximum atomic E-state index is 13.4. The first-order chi connectivity index (χ1) is 12.7. The lowest BCUT2D eigenvalue weighted by Gasteiger charge is -2.43. The van der Waals surface area contributed by atoms with Crippen LogP contribution in [0.2, 0.25) is 0 Å². The van der Waals surface area contributed by atoms with Gasteiger partial charge in [-0.05, 0) is 44.7 Å². The average Bonchev–Trinajstić information content (AvgIpc) is 3.30. The monoisotopic (exact) mass is 429 g/mol. The van der Waals surface area contributed by atoms with Crippen molar-refractivity contribution in [3.8, 4) is 5.75 Å². The summed E-state index contributed by atoms with van der Waals surface area (Å²) in [6.07, 6.45) is 4.38. The summed E-state index contributed by atoms with van der Waals surface area (Å²) in [5, 5.41) is 3.67. The Kier molecular flexibility index (Phi) is 7.89. The van der Waals surface area contributed by atoms with E-state index in [2.05, 4.69) is 34.2 Å². The topological polar surface area (TPSA) is 44.8 Å². The number of carbonyl (C=O) groups excluding carboxylic acids is 1. The van der Waals surface area contributed by atoms with Gasteiger partial charge in [-0.1, -0.05) is 19.1 Å². The van der Waals surface area contributed by atoms with Crippen LogP contribution in [0.1, 0.15) is 39.5 Å². The quantitative estimate of drug-likeness (QED) is 0.777. The number of amides is 1. The Morgan fingerprint density at radius 1 is 1.14 bits per heavy atom. The summed E-state index contributed by atoms with van der Waals surface area (Å²) in [6, 6.07) is 9.17. The van der Waals surface area contributed by atoms with Crippen LogP contribution >= 0.6 is 24.8 Å². The molecule has 0 aromatic heterocycles. The van der Waals surface area contributed by atoms with Crippen LogP contribution in [0, 0.1) is 5.41 Å². The number of nitrogens with one attached hydrogen (secondary N) is 1. The van der Waals surface area contributed by atoms with Crippen molar-refractivity contribution in [1.82, 2.24) is 10.2 Å². The van der Waals surface area contributed by atoms with Crippen molar-refractivity contribution in [2.45, 2.75) is 51.6 Å². The molecular formula is C21H33Cl2N3O2. The molecule has 0 saturated carbocycles. The van der Waals surface area contributed by atoms with Crippen LogP contribution < -0.4 is 15.0 Å². The molecule has 3 fully saturated rings. The number of piperazine rings is 1. The van der Waals surface area contributed by atoms with Crippen LogP contribution in [-0.2, 0) is 4.79 Å².